The van der Waals surface area contributed by atoms with Gasteiger partial charge in [-0.15, -0.1) is 0 Å². The van der Waals surface area contributed by atoms with Crippen molar-refractivity contribution in [1.82, 2.24) is 9.80 Å². The molecule has 1 saturated carbocycles. The van der Waals surface area contributed by atoms with Crippen LogP contribution < -0.4 is 0 Å². The maximum Gasteiger partial charge on any atom is 0.136 e. The highest BCUT2D eigenvalue weighted by atomic mass is 16.1. The van der Waals surface area contributed by atoms with E-state index in [9.17, 15) is 4.79 Å². The van der Waals surface area contributed by atoms with Crippen LogP contribution in [0.25, 0.3) is 0 Å². The molecule has 0 bridgehead atoms. The van der Waals surface area contributed by atoms with Crippen molar-refractivity contribution in [2.45, 2.75) is 45.1 Å². The Morgan fingerprint density at radius 2 is 2.12 bits per heavy atom. The second-order valence-electron chi connectivity index (χ2n) is 6.35. The topological polar surface area (TPSA) is 23.6 Å². The lowest BCUT2D eigenvalue weighted by atomic mass is 9.98. The van der Waals surface area contributed by atoms with Gasteiger partial charge in [0.2, 0.25) is 0 Å². The number of likely N-dealkylation sites (N-methyl/N-ethyl adjacent to an activating group) is 1. The number of rotatable bonds is 3. The molecule has 2 fully saturated rings. The Morgan fingerprint density at radius 1 is 1.35 bits per heavy atom. The molecule has 3 heteroatoms. The summed E-state index contributed by atoms with van der Waals surface area (Å²) in [7, 11) is 2.21. The Hall–Kier alpha value is -0.410. The van der Waals surface area contributed by atoms with Gasteiger partial charge in [-0.05, 0) is 46.7 Å². The summed E-state index contributed by atoms with van der Waals surface area (Å²) in [5.74, 6) is 0.885. The molecule has 0 radical (unpaired) electrons. The number of Topliss-reactive ketones (excluding diaryl/α,β-unsaturated/α-hetero) is 1. The first kappa shape index (κ1) is 13.0. The first-order chi connectivity index (χ1) is 7.99. The number of hydrogen-bond acceptors (Lipinski definition) is 3. The summed E-state index contributed by atoms with van der Waals surface area (Å²) in [4.78, 5) is 16.6. The number of carbonyl (C=O) groups is 1. The number of piperazine rings is 1. The lowest BCUT2D eigenvalue weighted by Crippen LogP contribution is -2.57. The van der Waals surface area contributed by atoms with Crippen LogP contribution in [0.15, 0.2) is 0 Å². The molecule has 98 valence electrons. The molecule has 0 aromatic rings. The summed E-state index contributed by atoms with van der Waals surface area (Å²) in [6, 6.07) is 0. The van der Waals surface area contributed by atoms with E-state index in [-0.39, 0.29) is 5.54 Å². The molecular formula is C14H26N2O. The predicted octanol–water partition coefficient (Wildman–Crippen LogP) is 1.77. The van der Waals surface area contributed by atoms with Crippen LogP contribution in [-0.2, 0) is 4.79 Å². The van der Waals surface area contributed by atoms with Gasteiger partial charge in [0.25, 0.3) is 0 Å². The van der Waals surface area contributed by atoms with E-state index in [0.717, 1.165) is 51.9 Å². The molecule has 1 heterocycles. The number of ketones is 1. The van der Waals surface area contributed by atoms with Gasteiger partial charge in [-0.1, -0.05) is 0 Å². The van der Waals surface area contributed by atoms with Crippen LogP contribution in [0.3, 0.4) is 0 Å². The minimum Gasteiger partial charge on any atom is -0.300 e. The molecule has 1 aliphatic carbocycles. The van der Waals surface area contributed by atoms with Crippen molar-refractivity contribution in [2.24, 2.45) is 5.92 Å². The molecule has 0 N–H and O–H groups in total. The van der Waals surface area contributed by atoms with Crippen LogP contribution in [0, 0.1) is 5.92 Å². The lowest BCUT2D eigenvalue weighted by molar-refractivity contribution is -0.121. The second-order valence-corrected chi connectivity index (χ2v) is 6.35. The molecule has 0 spiro atoms. The molecule has 17 heavy (non-hydrogen) atoms. The van der Waals surface area contributed by atoms with E-state index in [1.54, 1.807) is 0 Å². The van der Waals surface area contributed by atoms with E-state index in [2.05, 4.69) is 30.7 Å². The van der Waals surface area contributed by atoms with Gasteiger partial charge >= 0.3 is 0 Å². The fourth-order valence-electron chi connectivity index (χ4n) is 3.06. The van der Waals surface area contributed by atoms with Crippen LogP contribution in [0.2, 0.25) is 0 Å². The Balaban J connectivity index is 1.78. The van der Waals surface area contributed by atoms with Gasteiger partial charge in [0, 0.05) is 37.5 Å². The van der Waals surface area contributed by atoms with Crippen molar-refractivity contribution >= 4 is 5.78 Å². The van der Waals surface area contributed by atoms with Crippen LogP contribution in [0.5, 0.6) is 0 Å². The van der Waals surface area contributed by atoms with Gasteiger partial charge in [-0.25, -0.2) is 0 Å². The zero-order valence-corrected chi connectivity index (χ0v) is 11.5. The summed E-state index contributed by atoms with van der Waals surface area (Å²) >= 11 is 0. The highest BCUT2D eigenvalue weighted by Gasteiger charge is 2.32. The average molecular weight is 238 g/mol. The van der Waals surface area contributed by atoms with Crippen molar-refractivity contribution in [2.75, 3.05) is 33.2 Å². The Kier molecular flexibility index (Phi) is 3.88. The van der Waals surface area contributed by atoms with E-state index in [0.29, 0.717) is 11.7 Å². The highest BCUT2D eigenvalue weighted by molar-refractivity contribution is 5.82. The smallest absolute Gasteiger partial charge is 0.136 e. The first-order valence-corrected chi connectivity index (χ1v) is 6.95. The number of carbonyl (C=O) groups excluding carboxylic acids is 1. The minimum atomic E-state index is 0.276. The third kappa shape index (κ3) is 3.08. The Labute approximate surface area is 105 Å². The molecule has 1 saturated heterocycles. The largest absolute Gasteiger partial charge is 0.300 e. The number of nitrogens with zero attached hydrogens (tertiary/aromatic N) is 2. The van der Waals surface area contributed by atoms with Gasteiger partial charge < -0.3 is 4.90 Å². The van der Waals surface area contributed by atoms with E-state index in [1.165, 1.54) is 0 Å². The fourth-order valence-corrected chi connectivity index (χ4v) is 3.06. The van der Waals surface area contributed by atoms with Crippen molar-refractivity contribution in [1.29, 1.82) is 0 Å². The first-order valence-electron chi connectivity index (χ1n) is 6.95. The highest BCUT2D eigenvalue weighted by Crippen LogP contribution is 2.25. The summed E-state index contributed by atoms with van der Waals surface area (Å²) < 4.78 is 0. The summed E-state index contributed by atoms with van der Waals surface area (Å²) in [5.41, 5.74) is 0.276. The summed E-state index contributed by atoms with van der Waals surface area (Å²) in [6.45, 7) is 9.14. The molecule has 1 unspecified atom stereocenters. The maximum absolute atomic E-state index is 11.6. The average Bonchev–Trinajstić information content (AvgIpc) is 2.66. The maximum atomic E-state index is 11.6. The van der Waals surface area contributed by atoms with E-state index >= 15 is 0 Å². The zero-order chi connectivity index (χ0) is 12.5. The monoisotopic (exact) mass is 238 g/mol. The minimum absolute atomic E-state index is 0.276. The van der Waals surface area contributed by atoms with E-state index < -0.39 is 0 Å². The molecule has 0 aromatic heterocycles. The van der Waals surface area contributed by atoms with E-state index in [1.807, 2.05) is 0 Å². The quantitative estimate of drug-likeness (QED) is 0.748. The zero-order valence-electron chi connectivity index (χ0n) is 11.5. The molecule has 0 aromatic carbocycles. The summed E-state index contributed by atoms with van der Waals surface area (Å²) in [5, 5.41) is 0. The van der Waals surface area contributed by atoms with Gasteiger partial charge in [0.1, 0.15) is 5.78 Å². The fraction of sp³-hybridized carbons (Fsp3) is 0.929. The van der Waals surface area contributed by atoms with Crippen molar-refractivity contribution in [3.63, 3.8) is 0 Å². The van der Waals surface area contributed by atoms with Crippen molar-refractivity contribution in [3.05, 3.63) is 0 Å². The molecule has 0 amide bonds. The predicted molar refractivity (Wildman–Crippen MR) is 70.1 cm³/mol. The SMILES string of the molecule is CN1CCN(CCC2CCCC2=O)CC1(C)C. The molecule has 1 aliphatic heterocycles. The van der Waals surface area contributed by atoms with Crippen LogP contribution >= 0.6 is 0 Å². The van der Waals surface area contributed by atoms with E-state index in [4.69, 9.17) is 0 Å². The van der Waals surface area contributed by atoms with Crippen LogP contribution in [0.4, 0.5) is 0 Å². The van der Waals surface area contributed by atoms with Crippen molar-refractivity contribution < 1.29 is 4.79 Å². The van der Waals surface area contributed by atoms with Crippen LogP contribution in [-0.4, -0.2) is 54.3 Å². The van der Waals surface area contributed by atoms with Gasteiger partial charge in [-0.2, -0.15) is 0 Å². The molecule has 2 aliphatic rings. The summed E-state index contributed by atoms with van der Waals surface area (Å²) in [6.07, 6.45) is 4.17. The van der Waals surface area contributed by atoms with Crippen LogP contribution in [0.1, 0.15) is 39.5 Å². The third-order valence-corrected chi connectivity index (χ3v) is 4.62. The molecule has 2 rings (SSSR count). The normalized spacial score (nSPS) is 31.0. The van der Waals surface area contributed by atoms with Crippen molar-refractivity contribution in [3.8, 4) is 0 Å². The second kappa shape index (κ2) is 5.07. The Morgan fingerprint density at radius 3 is 2.71 bits per heavy atom. The molecular weight excluding hydrogens is 212 g/mol. The molecule has 3 nitrogen and oxygen atoms in total. The van der Waals surface area contributed by atoms with Gasteiger partial charge in [-0.3, -0.25) is 9.69 Å². The lowest BCUT2D eigenvalue weighted by Gasteiger charge is -2.45. The van der Waals surface area contributed by atoms with Gasteiger partial charge in [0.05, 0.1) is 0 Å². The number of hydrogen-bond donors (Lipinski definition) is 0. The third-order valence-electron chi connectivity index (χ3n) is 4.62. The molecule has 1 atom stereocenters. The Bertz CT molecular complexity index is 288. The van der Waals surface area contributed by atoms with Gasteiger partial charge in [0.15, 0.2) is 0 Å². The standard InChI is InChI=1S/C14H26N2O/c1-14(2)11-16(10-9-15(14)3)8-7-12-5-4-6-13(12)17/h12H,4-11H2,1-3H3.